The Morgan fingerprint density at radius 1 is 1.45 bits per heavy atom. The maximum atomic E-state index is 11.5. The average Bonchev–Trinajstić information content (AvgIpc) is 2.40. The SMILES string of the molecule is CCOC(=O)OC(C)O/N=[N+](\[O-])N(C)CCCCCO. The number of hydrogen-bond donors (Lipinski definition) is 1. The molecule has 0 saturated carbocycles. The highest BCUT2D eigenvalue weighted by atomic mass is 16.8. The van der Waals surface area contributed by atoms with Crippen LogP contribution >= 0.6 is 0 Å². The summed E-state index contributed by atoms with van der Waals surface area (Å²) in [6, 6.07) is 0. The van der Waals surface area contributed by atoms with E-state index in [4.69, 9.17) is 9.94 Å². The third-order valence-corrected chi connectivity index (χ3v) is 2.22. The molecule has 0 saturated heterocycles. The van der Waals surface area contributed by atoms with Crippen LogP contribution in [0, 0.1) is 5.21 Å². The topological polar surface area (TPSA) is 107 Å². The molecule has 0 heterocycles. The molecule has 1 unspecified atom stereocenters. The third-order valence-electron chi connectivity index (χ3n) is 2.22. The molecular formula is C11H23N3O6. The van der Waals surface area contributed by atoms with Crippen LogP contribution in [0.2, 0.25) is 0 Å². The summed E-state index contributed by atoms with van der Waals surface area (Å²) >= 11 is 0. The zero-order chi connectivity index (χ0) is 15.4. The molecule has 0 aromatic carbocycles. The van der Waals surface area contributed by atoms with Crippen LogP contribution in [0.4, 0.5) is 4.79 Å². The first kappa shape index (κ1) is 18.2. The van der Waals surface area contributed by atoms with Gasteiger partial charge in [0.05, 0.1) is 25.2 Å². The summed E-state index contributed by atoms with van der Waals surface area (Å²) in [4.78, 5) is 15.9. The molecule has 0 spiro atoms. The summed E-state index contributed by atoms with van der Waals surface area (Å²) in [7, 11) is 1.55. The summed E-state index contributed by atoms with van der Waals surface area (Å²) in [6.07, 6.45) is 0.362. The number of rotatable bonds is 10. The number of carbonyl (C=O) groups is 1. The quantitative estimate of drug-likeness (QED) is 0.162. The molecule has 0 rings (SSSR count). The van der Waals surface area contributed by atoms with E-state index in [1.807, 2.05) is 0 Å². The van der Waals surface area contributed by atoms with Gasteiger partial charge in [-0.15, -0.1) is 5.01 Å². The average molecular weight is 293 g/mol. The minimum atomic E-state index is -1.02. The molecule has 9 heteroatoms. The van der Waals surface area contributed by atoms with Crippen LogP contribution in [0.3, 0.4) is 0 Å². The van der Waals surface area contributed by atoms with Gasteiger partial charge in [-0.1, -0.05) is 0 Å². The zero-order valence-electron chi connectivity index (χ0n) is 12.2. The Balaban J connectivity index is 3.94. The fourth-order valence-corrected chi connectivity index (χ4v) is 1.19. The molecule has 1 N–H and O–H groups in total. The maximum absolute atomic E-state index is 11.5. The van der Waals surface area contributed by atoms with Crippen molar-refractivity contribution < 1.29 is 29.2 Å². The predicted molar refractivity (Wildman–Crippen MR) is 68.3 cm³/mol. The molecule has 0 aliphatic heterocycles. The van der Waals surface area contributed by atoms with Gasteiger partial charge in [0.25, 0.3) is 6.29 Å². The molecule has 0 aromatic rings. The maximum Gasteiger partial charge on any atom is 0.511 e. The van der Waals surface area contributed by atoms with Crippen LogP contribution in [0.1, 0.15) is 33.1 Å². The second-order valence-electron chi connectivity index (χ2n) is 3.97. The van der Waals surface area contributed by atoms with Crippen molar-refractivity contribution in [3.63, 3.8) is 0 Å². The van der Waals surface area contributed by atoms with E-state index in [2.05, 4.69) is 14.8 Å². The lowest BCUT2D eigenvalue weighted by Gasteiger charge is -2.13. The van der Waals surface area contributed by atoms with Gasteiger partial charge >= 0.3 is 6.16 Å². The first-order chi connectivity index (χ1) is 9.51. The molecule has 1 atom stereocenters. The fraction of sp³-hybridized carbons (Fsp3) is 0.909. The third kappa shape index (κ3) is 9.20. The van der Waals surface area contributed by atoms with Crippen molar-refractivity contribution >= 4 is 6.16 Å². The molecule has 0 amide bonds. The molecule has 0 aromatic heterocycles. The van der Waals surface area contributed by atoms with Crippen molar-refractivity contribution in [3.05, 3.63) is 5.21 Å². The Kier molecular flexibility index (Phi) is 10.1. The van der Waals surface area contributed by atoms with Crippen LogP contribution in [-0.2, 0) is 14.3 Å². The van der Waals surface area contributed by atoms with Gasteiger partial charge in [-0.2, -0.15) is 0 Å². The summed E-state index contributed by atoms with van der Waals surface area (Å²) in [5.41, 5.74) is 0. The lowest BCUT2D eigenvalue weighted by atomic mass is 10.2. The number of nitrogens with zero attached hydrogens (tertiary/aromatic N) is 3. The van der Waals surface area contributed by atoms with Crippen molar-refractivity contribution in [3.8, 4) is 0 Å². The number of hydrazine groups is 1. The van der Waals surface area contributed by atoms with Crippen LogP contribution in [0.25, 0.3) is 0 Å². The predicted octanol–water partition coefficient (Wildman–Crippen LogP) is 1.41. The summed E-state index contributed by atoms with van der Waals surface area (Å²) < 4.78 is 9.18. The second-order valence-corrected chi connectivity index (χ2v) is 3.97. The lowest BCUT2D eigenvalue weighted by Crippen LogP contribution is -2.28. The highest BCUT2D eigenvalue weighted by Gasteiger charge is 2.13. The van der Waals surface area contributed by atoms with Gasteiger partial charge in [-0.05, 0) is 26.2 Å². The minimum absolute atomic E-state index is 0.140. The molecule has 0 bridgehead atoms. The largest absolute Gasteiger partial charge is 0.569 e. The van der Waals surface area contributed by atoms with E-state index in [0.717, 1.165) is 12.8 Å². The van der Waals surface area contributed by atoms with E-state index in [9.17, 15) is 10.0 Å². The van der Waals surface area contributed by atoms with E-state index in [-0.39, 0.29) is 18.2 Å². The van der Waals surface area contributed by atoms with Crippen LogP contribution in [0.15, 0.2) is 5.28 Å². The first-order valence-corrected chi connectivity index (χ1v) is 6.50. The summed E-state index contributed by atoms with van der Waals surface area (Å²) in [6.45, 7) is 3.86. The van der Waals surface area contributed by atoms with Crippen LogP contribution < -0.4 is 0 Å². The van der Waals surface area contributed by atoms with E-state index in [1.165, 1.54) is 11.9 Å². The normalized spacial score (nSPS) is 12.7. The summed E-state index contributed by atoms with van der Waals surface area (Å²) in [5, 5.41) is 24.6. The molecule has 9 nitrogen and oxygen atoms in total. The summed E-state index contributed by atoms with van der Waals surface area (Å²) in [5.74, 6) is 0. The van der Waals surface area contributed by atoms with E-state index < -0.39 is 12.4 Å². The minimum Gasteiger partial charge on any atom is -0.569 e. The Morgan fingerprint density at radius 2 is 2.15 bits per heavy atom. The van der Waals surface area contributed by atoms with Crippen molar-refractivity contribution in [1.29, 1.82) is 0 Å². The number of ether oxygens (including phenoxy) is 2. The second kappa shape index (κ2) is 11.1. The Bertz CT molecular complexity index is 300. The molecule has 0 aliphatic carbocycles. The molecule has 0 aliphatic rings. The van der Waals surface area contributed by atoms with Gasteiger partial charge in [0, 0.05) is 13.5 Å². The standard InChI is InChI=1S/C11H23N3O6/c1-4-18-11(16)19-10(2)20-12-14(17)13(3)8-6-5-7-9-15/h10,15H,4-9H2,1-3H3/b14-12-. The van der Waals surface area contributed by atoms with Crippen molar-refractivity contribution in [2.24, 2.45) is 5.28 Å². The highest BCUT2D eigenvalue weighted by molar-refractivity contribution is 5.59. The molecule has 20 heavy (non-hydrogen) atoms. The van der Waals surface area contributed by atoms with Gasteiger partial charge in [-0.25, -0.2) is 4.79 Å². The molecule has 0 radical (unpaired) electrons. The Morgan fingerprint density at radius 3 is 2.75 bits per heavy atom. The zero-order valence-corrected chi connectivity index (χ0v) is 12.2. The molecular weight excluding hydrogens is 270 g/mol. The van der Waals surface area contributed by atoms with Crippen LogP contribution in [-0.4, -0.2) is 54.3 Å². The Labute approximate surface area is 118 Å². The number of unbranched alkanes of at least 4 members (excludes halogenated alkanes) is 2. The Hall–Kier alpha value is -1.77. The number of aliphatic hydroxyl groups is 1. The van der Waals surface area contributed by atoms with Gasteiger partial charge < -0.3 is 19.8 Å². The number of hydrogen-bond acceptors (Lipinski definition) is 7. The van der Waals surface area contributed by atoms with Crippen molar-refractivity contribution in [1.82, 2.24) is 5.01 Å². The van der Waals surface area contributed by atoms with Crippen molar-refractivity contribution in [2.75, 3.05) is 26.8 Å². The van der Waals surface area contributed by atoms with Gasteiger partial charge in [0.15, 0.2) is 0 Å². The fourth-order valence-electron chi connectivity index (χ4n) is 1.19. The molecule has 0 fully saturated rings. The van der Waals surface area contributed by atoms with E-state index >= 15 is 0 Å². The van der Waals surface area contributed by atoms with Crippen molar-refractivity contribution in [2.45, 2.75) is 39.4 Å². The van der Waals surface area contributed by atoms with E-state index in [1.54, 1.807) is 14.0 Å². The lowest BCUT2D eigenvalue weighted by molar-refractivity contribution is -0.707. The highest BCUT2D eigenvalue weighted by Crippen LogP contribution is 2.00. The van der Waals surface area contributed by atoms with Gasteiger partial charge in [0.2, 0.25) is 5.28 Å². The van der Waals surface area contributed by atoms with Gasteiger partial charge in [-0.3, -0.25) is 4.84 Å². The number of aliphatic hydroxyl groups excluding tert-OH is 1. The smallest absolute Gasteiger partial charge is 0.511 e. The molecule has 118 valence electrons. The van der Waals surface area contributed by atoms with Crippen LogP contribution in [0.5, 0.6) is 0 Å². The van der Waals surface area contributed by atoms with Gasteiger partial charge in [0.1, 0.15) is 0 Å². The van der Waals surface area contributed by atoms with E-state index in [0.29, 0.717) is 13.0 Å². The monoisotopic (exact) mass is 293 g/mol. The first-order valence-electron chi connectivity index (χ1n) is 6.50. The number of carbonyl (C=O) groups excluding carboxylic acids is 1.